The summed E-state index contributed by atoms with van der Waals surface area (Å²) in [6, 6.07) is 8.19. The van der Waals surface area contributed by atoms with Gasteiger partial charge < -0.3 is 10.1 Å². The molecule has 2 N–H and O–H groups in total. The predicted octanol–water partition coefficient (Wildman–Crippen LogP) is 1.47. The van der Waals surface area contributed by atoms with Crippen molar-refractivity contribution in [2.45, 2.75) is 6.54 Å². The number of benzene rings is 1. The summed E-state index contributed by atoms with van der Waals surface area (Å²) in [4.78, 5) is 29.6. The first-order valence-electron chi connectivity index (χ1n) is 6.00. The summed E-state index contributed by atoms with van der Waals surface area (Å²) in [5, 5.41) is 9.03. The van der Waals surface area contributed by atoms with Crippen molar-refractivity contribution in [1.82, 2.24) is 14.5 Å². The van der Waals surface area contributed by atoms with E-state index < -0.39 is 5.97 Å². The van der Waals surface area contributed by atoms with Gasteiger partial charge >= 0.3 is 11.7 Å². The largest absolute Gasteiger partial charge is 0.478 e. The molecule has 6 nitrogen and oxygen atoms in total. The number of nitrogens with one attached hydrogen (secondary N) is 1. The Labute approximate surface area is 113 Å². The number of fused-ring (bicyclic) bond motifs is 1. The fourth-order valence-electron chi connectivity index (χ4n) is 2.11. The zero-order valence-corrected chi connectivity index (χ0v) is 10.4. The summed E-state index contributed by atoms with van der Waals surface area (Å²) in [7, 11) is 0. The molecule has 0 aliphatic heterocycles. The summed E-state index contributed by atoms with van der Waals surface area (Å²) in [6.07, 6.45) is 3.30. The van der Waals surface area contributed by atoms with E-state index in [4.69, 9.17) is 5.11 Å². The van der Waals surface area contributed by atoms with Crippen LogP contribution in [0.15, 0.2) is 47.5 Å². The SMILES string of the molecule is O=C(O)c1ccc2[nH]c(=O)n(Cc3ccncc3)c2c1. The third-order valence-corrected chi connectivity index (χ3v) is 3.11. The van der Waals surface area contributed by atoms with Crippen LogP contribution < -0.4 is 5.69 Å². The van der Waals surface area contributed by atoms with E-state index in [0.29, 0.717) is 17.6 Å². The Hall–Kier alpha value is -2.89. The summed E-state index contributed by atoms with van der Waals surface area (Å²) in [6.45, 7) is 0.366. The number of carbonyl (C=O) groups is 1. The molecular weight excluding hydrogens is 258 g/mol. The Morgan fingerprint density at radius 2 is 2.00 bits per heavy atom. The molecule has 0 aliphatic carbocycles. The van der Waals surface area contributed by atoms with Crippen molar-refractivity contribution in [2.75, 3.05) is 0 Å². The van der Waals surface area contributed by atoms with E-state index in [1.165, 1.54) is 16.7 Å². The number of carboxylic acid groups (broad SMARTS) is 1. The van der Waals surface area contributed by atoms with Crippen LogP contribution >= 0.6 is 0 Å². The maximum Gasteiger partial charge on any atom is 0.335 e. The zero-order chi connectivity index (χ0) is 14.1. The standard InChI is InChI=1S/C14H11N3O3/c18-13(19)10-1-2-11-12(7-10)17(14(20)16-11)8-9-3-5-15-6-4-9/h1-7H,8H2,(H,16,20)(H,18,19). The molecule has 1 aromatic carbocycles. The van der Waals surface area contributed by atoms with Gasteiger partial charge in [-0.2, -0.15) is 0 Å². The lowest BCUT2D eigenvalue weighted by Crippen LogP contribution is -2.17. The molecule has 3 aromatic rings. The Morgan fingerprint density at radius 1 is 1.25 bits per heavy atom. The van der Waals surface area contributed by atoms with E-state index in [-0.39, 0.29) is 11.3 Å². The summed E-state index contributed by atoms with van der Waals surface area (Å²) in [5.74, 6) is -1.02. The molecule has 0 amide bonds. The van der Waals surface area contributed by atoms with Gasteiger partial charge in [0.15, 0.2) is 0 Å². The topological polar surface area (TPSA) is 88.0 Å². The van der Waals surface area contributed by atoms with E-state index in [1.807, 2.05) is 12.1 Å². The molecule has 0 atom stereocenters. The van der Waals surface area contributed by atoms with E-state index in [1.54, 1.807) is 18.5 Å². The Kier molecular flexibility index (Phi) is 2.83. The van der Waals surface area contributed by atoms with Gasteiger partial charge in [0.05, 0.1) is 23.1 Å². The van der Waals surface area contributed by atoms with Crippen molar-refractivity contribution in [3.8, 4) is 0 Å². The molecular formula is C14H11N3O3. The van der Waals surface area contributed by atoms with Crippen molar-refractivity contribution < 1.29 is 9.90 Å². The van der Waals surface area contributed by atoms with E-state index in [9.17, 15) is 9.59 Å². The lowest BCUT2D eigenvalue weighted by molar-refractivity contribution is 0.0697. The smallest absolute Gasteiger partial charge is 0.335 e. The molecule has 0 fully saturated rings. The molecule has 0 saturated heterocycles. The van der Waals surface area contributed by atoms with Crippen LogP contribution in [-0.4, -0.2) is 25.6 Å². The van der Waals surface area contributed by atoms with Gasteiger partial charge in [-0.05, 0) is 35.9 Å². The van der Waals surface area contributed by atoms with Crippen LogP contribution in [-0.2, 0) is 6.54 Å². The van der Waals surface area contributed by atoms with Crippen molar-refractivity contribution in [3.05, 3.63) is 64.3 Å². The van der Waals surface area contributed by atoms with Gasteiger partial charge in [0.1, 0.15) is 0 Å². The number of aromatic nitrogens is 3. The van der Waals surface area contributed by atoms with Crippen molar-refractivity contribution in [2.24, 2.45) is 0 Å². The summed E-state index contributed by atoms with van der Waals surface area (Å²) in [5.41, 5.74) is 2.00. The van der Waals surface area contributed by atoms with Gasteiger partial charge in [-0.1, -0.05) is 0 Å². The number of carboxylic acids is 1. The highest BCUT2D eigenvalue weighted by molar-refractivity contribution is 5.92. The zero-order valence-electron chi connectivity index (χ0n) is 10.4. The lowest BCUT2D eigenvalue weighted by atomic mass is 10.2. The Balaban J connectivity index is 2.14. The minimum atomic E-state index is -1.02. The number of rotatable bonds is 3. The average Bonchev–Trinajstić information content (AvgIpc) is 2.75. The van der Waals surface area contributed by atoms with Crippen LogP contribution in [0.25, 0.3) is 11.0 Å². The molecule has 0 aliphatic rings. The van der Waals surface area contributed by atoms with Crippen LogP contribution in [0, 0.1) is 0 Å². The second kappa shape index (κ2) is 4.65. The van der Waals surface area contributed by atoms with Gasteiger partial charge in [-0.15, -0.1) is 0 Å². The lowest BCUT2D eigenvalue weighted by Gasteiger charge is -2.03. The monoisotopic (exact) mass is 269 g/mol. The van der Waals surface area contributed by atoms with Gasteiger partial charge in [0.25, 0.3) is 0 Å². The number of nitrogens with zero attached hydrogens (tertiary/aromatic N) is 2. The third kappa shape index (κ3) is 2.07. The number of hydrogen-bond donors (Lipinski definition) is 2. The van der Waals surface area contributed by atoms with Crippen molar-refractivity contribution in [3.63, 3.8) is 0 Å². The molecule has 0 unspecified atom stereocenters. The van der Waals surface area contributed by atoms with Gasteiger partial charge in [-0.25, -0.2) is 9.59 Å². The summed E-state index contributed by atoms with van der Waals surface area (Å²) >= 11 is 0. The van der Waals surface area contributed by atoms with E-state index in [2.05, 4.69) is 9.97 Å². The molecule has 100 valence electrons. The number of pyridine rings is 1. The maximum atomic E-state index is 12.0. The van der Waals surface area contributed by atoms with Crippen LogP contribution in [0.4, 0.5) is 0 Å². The molecule has 2 heterocycles. The molecule has 3 rings (SSSR count). The second-order valence-electron chi connectivity index (χ2n) is 4.41. The highest BCUT2D eigenvalue weighted by Crippen LogP contribution is 2.14. The van der Waals surface area contributed by atoms with Crippen LogP contribution in [0.3, 0.4) is 0 Å². The van der Waals surface area contributed by atoms with Gasteiger partial charge in [-0.3, -0.25) is 9.55 Å². The number of aromatic carboxylic acids is 1. The molecule has 2 aromatic heterocycles. The van der Waals surface area contributed by atoms with Crippen LogP contribution in [0.1, 0.15) is 15.9 Å². The fourth-order valence-corrected chi connectivity index (χ4v) is 2.11. The van der Waals surface area contributed by atoms with Crippen LogP contribution in [0.5, 0.6) is 0 Å². The van der Waals surface area contributed by atoms with Crippen molar-refractivity contribution in [1.29, 1.82) is 0 Å². The maximum absolute atomic E-state index is 12.0. The van der Waals surface area contributed by atoms with Crippen LogP contribution in [0.2, 0.25) is 0 Å². The molecule has 0 radical (unpaired) electrons. The average molecular weight is 269 g/mol. The minimum absolute atomic E-state index is 0.153. The minimum Gasteiger partial charge on any atom is -0.478 e. The molecule has 6 heteroatoms. The second-order valence-corrected chi connectivity index (χ2v) is 4.41. The Morgan fingerprint density at radius 3 is 2.70 bits per heavy atom. The molecule has 0 saturated carbocycles. The summed E-state index contributed by atoms with van der Waals surface area (Å²) < 4.78 is 1.51. The molecule has 0 bridgehead atoms. The molecule has 20 heavy (non-hydrogen) atoms. The van der Waals surface area contributed by atoms with E-state index in [0.717, 1.165) is 5.56 Å². The fraction of sp³-hybridized carbons (Fsp3) is 0.0714. The predicted molar refractivity (Wildman–Crippen MR) is 72.9 cm³/mol. The quantitative estimate of drug-likeness (QED) is 0.753. The number of hydrogen-bond acceptors (Lipinski definition) is 3. The Bertz CT molecular complexity index is 834. The number of H-pyrrole nitrogens is 1. The number of imidazole rings is 1. The van der Waals surface area contributed by atoms with Gasteiger partial charge in [0, 0.05) is 12.4 Å². The first kappa shape index (κ1) is 12.2. The van der Waals surface area contributed by atoms with E-state index >= 15 is 0 Å². The van der Waals surface area contributed by atoms with Gasteiger partial charge in [0.2, 0.25) is 0 Å². The highest BCUT2D eigenvalue weighted by atomic mass is 16.4. The highest BCUT2D eigenvalue weighted by Gasteiger charge is 2.10. The van der Waals surface area contributed by atoms with Crippen molar-refractivity contribution >= 4 is 17.0 Å². The molecule has 0 spiro atoms. The first-order chi connectivity index (χ1) is 9.65. The third-order valence-electron chi connectivity index (χ3n) is 3.11. The normalized spacial score (nSPS) is 10.8. The first-order valence-corrected chi connectivity index (χ1v) is 6.00. The number of aromatic amines is 1.